The van der Waals surface area contributed by atoms with Crippen LogP contribution in [0.2, 0.25) is 0 Å². The number of H-pyrrole nitrogens is 1. The molecule has 118 valence electrons. The Morgan fingerprint density at radius 1 is 1.41 bits per heavy atom. The van der Waals surface area contributed by atoms with E-state index < -0.39 is 0 Å². The van der Waals surface area contributed by atoms with E-state index in [4.69, 9.17) is 0 Å². The molecule has 1 aliphatic carbocycles. The van der Waals surface area contributed by atoms with Gasteiger partial charge in [-0.05, 0) is 39.0 Å². The van der Waals surface area contributed by atoms with Gasteiger partial charge in [0, 0.05) is 43.8 Å². The van der Waals surface area contributed by atoms with Gasteiger partial charge in [0.1, 0.15) is 5.82 Å². The number of aromatic nitrogens is 4. The molecule has 0 radical (unpaired) electrons. The first kappa shape index (κ1) is 14.8. The molecule has 0 fully saturated rings. The zero-order chi connectivity index (χ0) is 15.5. The number of fused-ring (bicyclic) bond motifs is 1. The molecule has 2 aromatic rings. The SMILES string of the molecule is Cc1nccn1CCCN(C)C(=O)c1n[nH]c2c1CCCC2. The Hall–Kier alpha value is -2.11. The molecule has 1 amide bonds. The monoisotopic (exact) mass is 301 g/mol. The first-order valence-electron chi connectivity index (χ1n) is 7.96. The number of rotatable bonds is 5. The molecule has 1 N–H and O–H groups in total. The molecule has 22 heavy (non-hydrogen) atoms. The fourth-order valence-electron chi connectivity index (χ4n) is 3.06. The summed E-state index contributed by atoms with van der Waals surface area (Å²) in [6, 6.07) is 0. The van der Waals surface area contributed by atoms with Crippen LogP contribution in [0.15, 0.2) is 12.4 Å². The molecular formula is C16H23N5O. The third-order valence-electron chi connectivity index (χ3n) is 4.42. The van der Waals surface area contributed by atoms with Gasteiger partial charge in [-0.1, -0.05) is 0 Å². The molecule has 0 aliphatic heterocycles. The smallest absolute Gasteiger partial charge is 0.274 e. The maximum atomic E-state index is 12.6. The Balaban J connectivity index is 1.58. The van der Waals surface area contributed by atoms with E-state index in [9.17, 15) is 4.79 Å². The Labute approximate surface area is 130 Å². The van der Waals surface area contributed by atoms with Crippen molar-refractivity contribution >= 4 is 5.91 Å². The predicted molar refractivity (Wildman–Crippen MR) is 83.8 cm³/mol. The zero-order valence-electron chi connectivity index (χ0n) is 13.3. The maximum Gasteiger partial charge on any atom is 0.274 e. The number of amides is 1. The number of carbonyl (C=O) groups is 1. The largest absolute Gasteiger partial charge is 0.340 e. The van der Waals surface area contributed by atoms with E-state index in [0.29, 0.717) is 5.69 Å². The second-order valence-electron chi connectivity index (χ2n) is 5.98. The Morgan fingerprint density at radius 3 is 3.00 bits per heavy atom. The number of aryl methyl sites for hydroxylation is 3. The lowest BCUT2D eigenvalue weighted by molar-refractivity contribution is 0.0785. The molecule has 0 aromatic carbocycles. The molecule has 0 spiro atoms. The molecule has 6 nitrogen and oxygen atoms in total. The highest BCUT2D eigenvalue weighted by Gasteiger charge is 2.23. The predicted octanol–water partition coefficient (Wildman–Crippen LogP) is 1.96. The molecule has 0 saturated heterocycles. The second kappa shape index (κ2) is 6.34. The summed E-state index contributed by atoms with van der Waals surface area (Å²) < 4.78 is 2.11. The van der Waals surface area contributed by atoms with Crippen LogP contribution in [0.25, 0.3) is 0 Å². The van der Waals surface area contributed by atoms with Crippen LogP contribution in [0.1, 0.15) is 46.8 Å². The number of hydrogen-bond acceptors (Lipinski definition) is 3. The summed E-state index contributed by atoms with van der Waals surface area (Å²) >= 11 is 0. The fourth-order valence-corrected chi connectivity index (χ4v) is 3.06. The summed E-state index contributed by atoms with van der Waals surface area (Å²) in [4.78, 5) is 18.5. The Kier molecular flexibility index (Phi) is 4.27. The standard InChI is InChI=1S/C16H23N5O/c1-12-17-8-11-21(12)10-5-9-20(2)16(22)15-13-6-3-4-7-14(13)18-19-15/h8,11H,3-7,9-10H2,1-2H3,(H,18,19). The van der Waals surface area contributed by atoms with Crippen molar-refractivity contribution in [2.45, 2.75) is 45.6 Å². The van der Waals surface area contributed by atoms with Gasteiger partial charge in [-0.2, -0.15) is 5.10 Å². The van der Waals surface area contributed by atoms with E-state index in [0.717, 1.165) is 55.9 Å². The summed E-state index contributed by atoms with van der Waals surface area (Å²) in [6.45, 7) is 3.59. The van der Waals surface area contributed by atoms with Gasteiger partial charge in [-0.3, -0.25) is 9.89 Å². The van der Waals surface area contributed by atoms with Crippen molar-refractivity contribution in [3.8, 4) is 0 Å². The first-order chi connectivity index (χ1) is 10.7. The van der Waals surface area contributed by atoms with Crippen molar-refractivity contribution in [2.75, 3.05) is 13.6 Å². The van der Waals surface area contributed by atoms with Gasteiger partial charge in [0.05, 0.1) is 0 Å². The van der Waals surface area contributed by atoms with Crippen molar-refractivity contribution in [1.29, 1.82) is 0 Å². The summed E-state index contributed by atoms with van der Waals surface area (Å²) in [5, 5.41) is 7.30. The van der Waals surface area contributed by atoms with E-state index >= 15 is 0 Å². The van der Waals surface area contributed by atoms with Crippen LogP contribution in [-0.4, -0.2) is 44.1 Å². The fraction of sp³-hybridized carbons (Fsp3) is 0.562. The zero-order valence-corrected chi connectivity index (χ0v) is 13.3. The molecule has 2 heterocycles. The van der Waals surface area contributed by atoms with Crippen LogP contribution in [0.3, 0.4) is 0 Å². The molecule has 0 unspecified atom stereocenters. The molecule has 0 saturated carbocycles. The summed E-state index contributed by atoms with van der Waals surface area (Å²) in [6.07, 6.45) is 9.00. The van der Waals surface area contributed by atoms with Gasteiger partial charge in [-0.15, -0.1) is 0 Å². The van der Waals surface area contributed by atoms with E-state index in [1.807, 2.05) is 20.2 Å². The minimum absolute atomic E-state index is 0.0294. The van der Waals surface area contributed by atoms with Crippen molar-refractivity contribution in [1.82, 2.24) is 24.6 Å². The number of nitrogens with zero attached hydrogens (tertiary/aromatic N) is 4. The summed E-state index contributed by atoms with van der Waals surface area (Å²) in [7, 11) is 1.85. The molecule has 2 aromatic heterocycles. The third-order valence-corrected chi connectivity index (χ3v) is 4.42. The van der Waals surface area contributed by atoms with Crippen molar-refractivity contribution in [3.63, 3.8) is 0 Å². The lowest BCUT2D eigenvalue weighted by Gasteiger charge is -2.18. The number of carbonyl (C=O) groups excluding carboxylic acids is 1. The minimum atomic E-state index is 0.0294. The van der Waals surface area contributed by atoms with Crippen LogP contribution in [0.5, 0.6) is 0 Å². The van der Waals surface area contributed by atoms with Crippen LogP contribution in [0, 0.1) is 6.92 Å². The van der Waals surface area contributed by atoms with Crippen LogP contribution in [0.4, 0.5) is 0 Å². The first-order valence-corrected chi connectivity index (χ1v) is 7.96. The lowest BCUT2D eigenvalue weighted by Crippen LogP contribution is -2.29. The van der Waals surface area contributed by atoms with Gasteiger partial charge >= 0.3 is 0 Å². The topological polar surface area (TPSA) is 66.8 Å². The van der Waals surface area contributed by atoms with Crippen LogP contribution < -0.4 is 0 Å². The van der Waals surface area contributed by atoms with E-state index in [1.165, 1.54) is 6.42 Å². The number of imidazole rings is 1. The minimum Gasteiger partial charge on any atom is -0.340 e. The van der Waals surface area contributed by atoms with Crippen LogP contribution in [-0.2, 0) is 19.4 Å². The van der Waals surface area contributed by atoms with Gasteiger partial charge in [0.2, 0.25) is 0 Å². The molecule has 0 atom stereocenters. The lowest BCUT2D eigenvalue weighted by atomic mass is 9.95. The molecule has 3 rings (SSSR count). The van der Waals surface area contributed by atoms with Crippen molar-refractivity contribution < 1.29 is 4.79 Å². The van der Waals surface area contributed by atoms with E-state index in [-0.39, 0.29) is 5.91 Å². The van der Waals surface area contributed by atoms with Crippen LogP contribution >= 0.6 is 0 Å². The summed E-state index contributed by atoms with van der Waals surface area (Å²) in [5.74, 6) is 1.04. The average molecular weight is 301 g/mol. The molecular weight excluding hydrogens is 278 g/mol. The van der Waals surface area contributed by atoms with Gasteiger partial charge < -0.3 is 9.47 Å². The molecule has 0 bridgehead atoms. The van der Waals surface area contributed by atoms with Gasteiger partial charge in [-0.25, -0.2) is 4.98 Å². The molecule has 6 heteroatoms. The van der Waals surface area contributed by atoms with E-state index in [1.54, 1.807) is 11.1 Å². The number of aromatic amines is 1. The molecule has 1 aliphatic rings. The highest BCUT2D eigenvalue weighted by atomic mass is 16.2. The highest BCUT2D eigenvalue weighted by molar-refractivity contribution is 5.93. The Bertz CT molecular complexity index is 657. The summed E-state index contributed by atoms with van der Waals surface area (Å²) in [5.41, 5.74) is 2.90. The van der Waals surface area contributed by atoms with Gasteiger partial charge in [0.15, 0.2) is 5.69 Å². The van der Waals surface area contributed by atoms with Crippen molar-refractivity contribution in [2.24, 2.45) is 0 Å². The van der Waals surface area contributed by atoms with Gasteiger partial charge in [0.25, 0.3) is 5.91 Å². The highest BCUT2D eigenvalue weighted by Crippen LogP contribution is 2.22. The average Bonchev–Trinajstić information content (AvgIpc) is 3.13. The number of hydrogen-bond donors (Lipinski definition) is 1. The van der Waals surface area contributed by atoms with Crippen molar-refractivity contribution in [3.05, 3.63) is 35.2 Å². The second-order valence-corrected chi connectivity index (χ2v) is 5.98. The normalized spacial score (nSPS) is 13.9. The Morgan fingerprint density at radius 2 is 2.23 bits per heavy atom. The number of nitrogens with one attached hydrogen (secondary N) is 1. The van der Waals surface area contributed by atoms with E-state index in [2.05, 4.69) is 19.7 Å². The maximum absolute atomic E-state index is 12.6. The third kappa shape index (κ3) is 2.91. The quantitative estimate of drug-likeness (QED) is 0.918.